The first-order valence-corrected chi connectivity index (χ1v) is 10.4. The van der Waals surface area contributed by atoms with Gasteiger partial charge < -0.3 is 9.84 Å². The third kappa shape index (κ3) is 3.40. The van der Waals surface area contributed by atoms with Gasteiger partial charge in [0, 0.05) is 0 Å². The summed E-state index contributed by atoms with van der Waals surface area (Å²) >= 11 is 0. The zero-order chi connectivity index (χ0) is 19.8. The summed E-state index contributed by atoms with van der Waals surface area (Å²) in [4.78, 5) is 10.4. The van der Waals surface area contributed by atoms with Crippen molar-refractivity contribution in [1.82, 2.24) is 10.2 Å². The molecule has 3 rings (SSSR count). The Labute approximate surface area is 154 Å². The number of hydrogen-bond acceptors (Lipinski definition) is 8. The lowest BCUT2D eigenvalue weighted by Gasteiger charge is -2.21. The number of carbonyl (C=O) groups excluding carboxylic acids is 1. The van der Waals surface area contributed by atoms with E-state index < -0.39 is 43.3 Å². The molecule has 4 N–H and O–H groups in total. The standard InChI is InChI=1S/C15H14N2O8S2/c18-8-10(15(19)16-20)17-27(23,24)9-5-6-12-14(7-9)26(21,22)13-4-2-1-3-11(13)25-12/h1-7,10,17-18,20H,8H2,(H,16,19)/t10-/m1/s1. The average Bonchev–Trinajstić information content (AvgIpc) is 2.65. The van der Waals surface area contributed by atoms with Crippen molar-refractivity contribution < 1.29 is 36.7 Å². The molecule has 2 aromatic rings. The van der Waals surface area contributed by atoms with Crippen LogP contribution in [0, 0.1) is 0 Å². The van der Waals surface area contributed by atoms with Crippen LogP contribution in [0.15, 0.2) is 57.2 Å². The van der Waals surface area contributed by atoms with Gasteiger partial charge in [0.15, 0.2) is 0 Å². The summed E-state index contributed by atoms with van der Waals surface area (Å²) in [5.41, 5.74) is 1.22. The zero-order valence-corrected chi connectivity index (χ0v) is 15.1. The van der Waals surface area contributed by atoms with Gasteiger partial charge in [0.05, 0.1) is 11.5 Å². The van der Waals surface area contributed by atoms with Crippen molar-refractivity contribution in [2.24, 2.45) is 0 Å². The number of amides is 1. The van der Waals surface area contributed by atoms with Gasteiger partial charge in [-0.05, 0) is 30.3 Å². The molecule has 27 heavy (non-hydrogen) atoms. The van der Waals surface area contributed by atoms with Crippen molar-refractivity contribution in [1.29, 1.82) is 0 Å². The van der Waals surface area contributed by atoms with Crippen LogP contribution < -0.4 is 14.9 Å². The van der Waals surface area contributed by atoms with Crippen molar-refractivity contribution in [3.05, 3.63) is 42.5 Å². The number of sulfonamides is 1. The highest BCUT2D eigenvalue weighted by Gasteiger charge is 2.33. The first-order valence-electron chi connectivity index (χ1n) is 7.44. The normalized spacial score (nSPS) is 15.8. The average molecular weight is 414 g/mol. The molecule has 0 fully saturated rings. The van der Waals surface area contributed by atoms with Crippen molar-refractivity contribution >= 4 is 25.8 Å². The van der Waals surface area contributed by atoms with Gasteiger partial charge in [0.2, 0.25) is 19.9 Å². The third-order valence-electron chi connectivity index (χ3n) is 3.78. The number of hydrogen-bond donors (Lipinski definition) is 4. The number of hydroxylamine groups is 1. The Morgan fingerprint density at radius 1 is 1.11 bits per heavy atom. The number of benzene rings is 2. The van der Waals surface area contributed by atoms with E-state index in [2.05, 4.69) is 0 Å². The van der Waals surface area contributed by atoms with Crippen LogP contribution in [-0.4, -0.2) is 45.7 Å². The van der Waals surface area contributed by atoms with E-state index in [1.807, 2.05) is 4.72 Å². The molecule has 0 unspecified atom stereocenters. The van der Waals surface area contributed by atoms with E-state index in [4.69, 9.17) is 15.1 Å². The highest BCUT2D eigenvalue weighted by atomic mass is 32.2. The van der Waals surface area contributed by atoms with E-state index in [1.54, 1.807) is 6.07 Å². The summed E-state index contributed by atoms with van der Waals surface area (Å²) < 4.78 is 57.8. The topological polar surface area (TPSA) is 159 Å². The first kappa shape index (κ1) is 19.3. The van der Waals surface area contributed by atoms with Gasteiger partial charge >= 0.3 is 0 Å². The maximum atomic E-state index is 12.8. The second-order valence-corrected chi connectivity index (χ2v) is 9.09. The number of carbonyl (C=O) groups is 1. The molecule has 0 saturated heterocycles. The van der Waals surface area contributed by atoms with E-state index in [0.717, 1.165) is 12.1 Å². The minimum absolute atomic E-state index is 0.0422. The van der Waals surface area contributed by atoms with Crippen molar-refractivity contribution in [3.8, 4) is 11.5 Å². The zero-order valence-electron chi connectivity index (χ0n) is 13.5. The number of nitrogens with one attached hydrogen (secondary N) is 2. The molecule has 0 aromatic heterocycles. The Balaban J connectivity index is 2.04. The Bertz CT molecular complexity index is 1110. The van der Waals surface area contributed by atoms with Crippen LogP contribution in [-0.2, 0) is 24.7 Å². The fraction of sp³-hybridized carbons (Fsp3) is 0.133. The number of aliphatic hydroxyl groups excluding tert-OH is 1. The van der Waals surface area contributed by atoms with E-state index >= 15 is 0 Å². The lowest BCUT2D eigenvalue weighted by Crippen LogP contribution is -2.48. The molecule has 1 aliphatic heterocycles. The number of para-hydroxylation sites is 1. The molecule has 12 heteroatoms. The molecule has 1 amide bonds. The van der Waals surface area contributed by atoms with Crippen LogP contribution in [0.1, 0.15) is 0 Å². The molecule has 0 bridgehead atoms. The number of rotatable bonds is 5. The van der Waals surface area contributed by atoms with Crippen LogP contribution in [0.4, 0.5) is 0 Å². The largest absolute Gasteiger partial charge is 0.455 e. The molecular weight excluding hydrogens is 400 g/mol. The second kappa shape index (κ2) is 6.90. The molecule has 2 aromatic carbocycles. The van der Waals surface area contributed by atoms with Gasteiger partial charge in [-0.2, -0.15) is 4.72 Å². The maximum Gasteiger partial charge on any atom is 0.263 e. The van der Waals surface area contributed by atoms with Crippen molar-refractivity contribution in [2.75, 3.05) is 6.61 Å². The Morgan fingerprint density at radius 3 is 2.44 bits per heavy atom. The fourth-order valence-electron chi connectivity index (χ4n) is 2.45. The molecule has 1 atom stereocenters. The summed E-state index contributed by atoms with van der Waals surface area (Å²) in [5, 5.41) is 17.7. The monoisotopic (exact) mass is 414 g/mol. The Kier molecular flexibility index (Phi) is 4.92. The number of aliphatic hydroxyl groups is 1. The van der Waals surface area contributed by atoms with Gasteiger partial charge in [-0.1, -0.05) is 12.1 Å². The Hall–Kier alpha value is -2.51. The van der Waals surface area contributed by atoms with E-state index in [0.29, 0.717) is 0 Å². The lowest BCUT2D eigenvalue weighted by molar-refractivity contribution is -0.131. The fourth-order valence-corrected chi connectivity index (χ4v) is 5.26. The molecule has 144 valence electrons. The smallest absolute Gasteiger partial charge is 0.263 e. The molecule has 0 saturated carbocycles. The summed E-state index contributed by atoms with van der Waals surface area (Å²) in [6.45, 7) is -0.925. The lowest BCUT2D eigenvalue weighted by atomic mass is 10.3. The molecule has 1 heterocycles. The summed E-state index contributed by atoms with van der Waals surface area (Å²) in [6.07, 6.45) is 0. The predicted octanol–water partition coefficient (Wildman–Crippen LogP) is -0.230. The van der Waals surface area contributed by atoms with Gasteiger partial charge in [0.25, 0.3) is 5.91 Å². The van der Waals surface area contributed by atoms with E-state index in [1.165, 1.54) is 29.7 Å². The van der Waals surface area contributed by atoms with Crippen LogP contribution in [0.2, 0.25) is 0 Å². The minimum Gasteiger partial charge on any atom is -0.455 e. The first-order chi connectivity index (χ1) is 12.7. The third-order valence-corrected chi connectivity index (χ3v) is 7.06. The highest BCUT2D eigenvalue weighted by molar-refractivity contribution is 7.92. The number of ether oxygens (including phenoxy) is 1. The molecule has 1 aliphatic rings. The molecule has 0 spiro atoms. The summed E-state index contributed by atoms with van der Waals surface area (Å²) in [7, 11) is -8.41. The van der Waals surface area contributed by atoms with Crippen LogP contribution in [0.25, 0.3) is 0 Å². The van der Waals surface area contributed by atoms with Gasteiger partial charge in [-0.3, -0.25) is 10.0 Å². The maximum absolute atomic E-state index is 12.8. The molecule has 0 radical (unpaired) electrons. The predicted molar refractivity (Wildman–Crippen MR) is 89.5 cm³/mol. The van der Waals surface area contributed by atoms with Crippen molar-refractivity contribution in [3.63, 3.8) is 0 Å². The SMILES string of the molecule is O=C(NO)[C@@H](CO)NS(=O)(=O)c1ccc2c(c1)S(=O)(=O)c1ccccc1O2. The van der Waals surface area contributed by atoms with E-state index in [-0.39, 0.29) is 21.3 Å². The van der Waals surface area contributed by atoms with Gasteiger partial charge in [0.1, 0.15) is 27.3 Å². The quantitative estimate of drug-likeness (QED) is 0.329. The molecule has 10 nitrogen and oxygen atoms in total. The number of sulfone groups is 1. The number of fused-ring (bicyclic) bond motifs is 2. The second-order valence-electron chi connectivity index (χ2n) is 5.49. The van der Waals surface area contributed by atoms with E-state index in [9.17, 15) is 21.6 Å². The van der Waals surface area contributed by atoms with Crippen LogP contribution in [0.3, 0.4) is 0 Å². The van der Waals surface area contributed by atoms with Crippen molar-refractivity contribution in [2.45, 2.75) is 20.7 Å². The molecule has 0 aliphatic carbocycles. The van der Waals surface area contributed by atoms with Crippen LogP contribution >= 0.6 is 0 Å². The summed E-state index contributed by atoms with van der Waals surface area (Å²) in [5.74, 6) is -1.10. The molecular formula is C15H14N2O8S2. The highest BCUT2D eigenvalue weighted by Crippen LogP contribution is 2.42. The minimum atomic E-state index is -4.39. The van der Waals surface area contributed by atoms with Gasteiger partial charge in [-0.15, -0.1) is 0 Å². The summed E-state index contributed by atoms with van der Waals surface area (Å²) in [6, 6.07) is 7.42. The van der Waals surface area contributed by atoms with Crippen LogP contribution in [0.5, 0.6) is 11.5 Å². The van der Waals surface area contributed by atoms with Gasteiger partial charge in [-0.25, -0.2) is 22.3 Å². The Morgan fingerprint density at radius 2 is 1.78 bits per heavy atom.